The molecule has 1 unspecified atom stereocenters. The number of hydrogen-bond acceptors (Lipinski definition) is 11. The molecule has 1 aromatic carbocycles. The van der Waals surface area contributed by atoms with E-state index in [2.05, 4.69) is 40.9 Å². The third kappa shape index (κ3) is 5.03. The van der Waals surface area contributed by atoms with Crippen LogP contribution >= 0.6 is 11.3 Å². The van der Waals surface area contributed by atoms with Gasteiger partial charge in [0.25, 0.3) is 5.91 Å². The van der Waals surface area contributed by atoms with Gasteiger partial charge in [0, 0.05) is 26.2 Å². The fourth-order valence-electron chi connectivity index (χ4n) is 3.32. The summed E-state index contributed by atoms with van der Waals surface area (Å²) in [5.74, 6) is 0.927. The van der Waals surface area contributed by atoms with E-state index in [0.29, 0.717) is 27.5 Å². The fraction of sp³-hybridized carbons (Fsp3) is 0.368. The minimum atomic E-state index is -0.793. The molecule has 1 fully saturated rings. The van der Waals surface area contributed by atoms with Gasteiger partial charge in [0.05, 0.1) is 19.5 Å². The van der Waals surface area contributed by atoms with Crippen LogP contribution in [-0.4, -0.2) is 64.6 Å². The van der Waals surface area contributed by atoms with Crippen LogP contribution in [0.25, 0.3) is 0 Å². The maximum atomic E-state index is 12.7. The van der Waals surface area contributed by atoms with Crippen LogP contribution in [0, 0.1) is 0 Å². The van der Waals surface area contributed by atoms with Crippen molar-refractivity contribution in [1.29, 1.82) is 0 Å². The summed E-state index contributed by atoms with van der Waals surface area (Å²) in [6, 6.07) is 7.35. The monoisotopic (exact) mass is 442 g/mol. The molecule has 2 aromatic heterocycles. The molecular formula is C19H22N8O3S. The Kier molecular flexibility index (Phi) is 6.48. The lowest BCUT2D eigenvalue weighted by Crippen LogP contribution is -2.27. The van der Waals surface area contributed by atoms with Gasteiger partial charge in [-0.25, -0.2) is 4.98 Å². The average Bonchev–Trinajstić information content (AvgIpc) is 3.45. The molecule has 0 spiro atoms. The van der Waals surface area contributed by atoms with Gasteiger partial charge in [0.2, 0.25) is 16.2 Å². The normalized spacial score (nSPS) is 16.7. The van der Waals surface area contributed by atoms with Crippen molar-refractivity contribution in [2.45, 2.75) is 18.6 Å². The zero-order valence-corrected chi connectivity index (χ0v) is 17.9. The molecule has 2 N–H and O–H groups in total. The number of amides is 1. The maximum absolute atomic E-state index is 12.7. The molecule has 162 valence electrons. The number of carbonyl (C=O) groups excluding carboxylic acids is 1. The van der Waals surface area contributed by atoms with Crippen molar-refractivity contribution >= 4 is 33.5 Å². The molecule has 0 aliphatic carbocycles. The number of ether oxygens (including phenoxy) is 2. The van der Waals surface area contributed by atoms with Gasteiger partial charge >= 0.3 is 0 Å². The summed E-state index contributed by atoms with van der Waals surface area (Å²) in [4.78, 5) is 19.0. The molecule has 0 saturated carbocycles. The van der Waals surface area contributed by atoms with Crippen LogP contribution in [0.4, 0.5) is 16.2 Å². The van der Waals surface area contributed by atoms with Gasteiger partial charge in [-0.3, -0.25) is 10.1 Å². The van der Waals surface area contributed by atoms with Crippen molar-refractivity contribution in [3.63, 3.8) is 0 Å². The topological polar surface area (TPSA) is 127 Å². The lowest BCUT2D eigenvalue weighted by atomic mass is 10.1. The molecule has 4 rings (SSSR count). The highest BCUT2D eigenvalue weighted by Gasteiger charge is 2.26. The summed E-state index contributed by atoms with van der Waals surface area (Å²) in [5.41, 5.74) is 0.686. The molecule has 2 atom stereocenters. The Labute approximate surface area is 182 Å². The third-order valence-corrected chi connectivity index (χ3v) is 5.56. The van der Waals surface area contributed by atoms with Crippen molar-refractivity contribution in [2.75, 3.05) is 42.8 Å². The molecule has 1 saturated heterocycles. The van der Waals surface area contributed by atoms with Gasteiger partial charge in [-0.15, -0.1) is 15.3 Å². The van der Waals surface area contributed by atoms with Gasteiger partial charge in [0.15, 0.2) is 6.10 Å². The minimum absolute atomic E-state index is 0.170. The van der Waals surface area contributed by atoms with Crippen molar-refractivity contribution in [3.05, 3.63) is 42.2 Å². The Hall–Kier alpha value is -3.38. The Bertz CT molecular complexity index is 1020. The number of benzene rings is 1. The number of nitrogens with zero attached hydrogens (tertiary/aromatic N) is 6. The second-order valence-electron chi connectivity index (χ2n) is 6.81. The SMILES string of the molecule is COc1cccc(C(OC)C(=O)Nc2nnc(N[C@@H]3CCN(c4nccnn4)C3)s2)c1. The zero-order valence-electron chi connectivity index (χ0n) is 17.1. The van der Waals surface area contributed by atoms with Crippen LogP contribution in [0.5, 0.6) is 5.75 Å². The van der Waals surface area contributed by atoms with E-state index in [1.54, 1.807) is 37.7 Å². The van der Waals surface area contributed by atoms with E-state index in [0.717, 1.165) is 19.5 Å². The summed E-state index contributed by atoms with van der Waals surface area (Å²) in [6.07, 6.45) is 3.29. The van der Waals surface area contributed by atoms with Gasteiger partial charge in [-0.1, -0.05) is 23.5 Å². The standard InChI is InChI=1S/C19H22N8O3S/c1-29-14-5-3-4-12(10-14)15(30-2)16(28)23-19-26-25-18(31-19)22-13-6-9-27(11-13)17-20-7-8-21-24-17/h3-5,7-8,10,13,15H,6,9,11H2,1-2H3,(H,22,25)(H,23,26,28)/t13-,15?/m1/s1. The second kappa shape index (κ2) is 9.62. The van der Waals surface area contributed by atoms with Gasteiger partial charge in [0.1, 0.15) is 5.75 Å². The molecule has 3 aromatic rings. The molecule has 3 heterocycles. The minimum Gasteiger partial charge on any atom is -0.497 e. The van der Waals surface area contributed by atoms with Crippen LogP contribution in [-0.2, 0) is 9.53 Å². The van der Waals surface area contributed by atoms with E-state index in [9.17, 15) is 4.79 Å². The molecule has 1 amide bonds. The van der Waals surface area contributed by atoms with E-state index in [4.69, 9.17) is 9.47 Å². The van der Waals surface area contributed by atoms with Crippen LogP contribution in [0.1, 0.15) is 18.1 Å². The molecular weight excluding hydrogens is 420 g/mol. The summed E-state index contributed by atoms with van der Waals surface area (Å²) >= 11 is 1.27. The second-order valence-corrected chi connectivity index (χ2v) is 7.79. The highest BCUT2D eigenvalue weighted by molar-refractivity contribution is 7.19. The Morgan fingerprint density at radius 2 is 2.10 bits per heavy atom. The molecule has 11 nitrogen and oxygen atoms in total. The lowest BCUT2D eigenvalue weighted by molar-refractivity contribution is -0.126. The van der Waals surface area contributed by atoms with E-state index >= 15 is 0 Å². The summed E-state index contributed by atoms with van der Waals surface area (Å²) < 4.78 is 10.6. The fourth-order valence-corrected chi connectivity index (χ4v) is 4.05. The van der Waals surface area contributed by atoms with E-state index in [1.807, 2.05) is 6.07 Å². The predicted molar refractivity (Wildman–Crippen MR) is 115 cm³/mol. The third-order valence-electron chi connectivity index (χ3n) is 4.79. The van der Waals surface area contributed by atoms with Crippen molar-refractivity contribution in [3.8, 4) is 5.75 Å². The van der Waals surface area contributed by atoms with Crippen molar-refractivity contribution in [2.24, 2.45) is 0 Å². The maximum Gasteiger partial charge on any atom is 0.259 e. The first kappa shape index (κ1) is 20.9. The molecule has 31 heavy (non-hydrogen) atoms. The molecule has 1 aliphatic rings. The van der Waals surface area contributed by atoms with Crippen molar-refractivity contribution in [1.82, 2.24) is 25.4 Å². The quantitative estimate of drug-likeness (QED) is 0.532. The molecule has 12 heteroatoms. The highest BCUT2D eigenvalue weighted by atomic mass is 32.1. The lowest BCUT2D eigenvalue weighted by Gasteiger charge is -2.15. The number of anilines is 3. The first-order valence-corrected chi connectivity index (χ1v) is 10.4. The van der Waals surface area contributed by atoms with Crippen LogP contribution in [0.2, 0.25) is 0 Å². The van der Waals surface area contributed by atoms with E-state index in [1.165, 1.54) is 18.4 Å². The number of carbonyl (C=O) groups is 1. The summed E-state index contributed by atoms with van der Waals surface area (Å²) in [7, 11) is 3.05. The van der Waals surface area contributed by atoms with Crippen molar-refractivity contribution < 1.29 is 14.3 Å². The Morgan fingerprint density at radius 1 is 1.23 bits per heavy atom. The Morgan fingerprint density at radius 3 is 2.87 bits per heavy atom. The number of rotatable bonds is 8. The largest absolute Gasteiger partial charge is 0.497 e. The van der Waals surface area contributed by atoms with Gasteiger partial charge in [-0.05, 0) is 24.1 Å². The molecule has 0 radical (unpaired) electrons. The molecule has 0 bridgehead atoms. The van der Waals surface area contributed by atoms with Crippen LogP contribution in [0.15, 0.2) is 36.7 Å². The van der Waals surface area contributed by atoms with E-state index in [-0.39, 0.29) is 11.9 Å². The first-order valence-electron chi connectivity index (χ1n) is 9.62. The average molecular weight is 443 g/mol. The number of aromatic nitrogens is 5. The summed E-state index contributed by atoms with van der Waals surface area (Å²) in [5, 5.41) is 23.3. The highest BCUT2D eigenvalue weighted by Crippen LogP contribution is 2.27. The van der Waals surface area contributed by atoms with Gasteiger partial charge < -0.3 is 19.7 Å². The Balaban J connectivity index is 1.35. The number of hydrogen-bond donors (Lipinski definition) is 2. The predicted octanol–water partition coefficient (Wildman–Crippen LogP) is 1.75. The van der Waals surface area contributed by atoms with E-state index < -0.39 is 6.10 Å². The van der Waals surface area contributed by atoms with Crippen LogP contribution in [0.3, 0.4) is 0 Å². The molecule has 1 aliphatic heterocycles. The zero-order chi connectivity index (χ0) is 21.6. The first-order chi connectivity index (χ1) is 15.2. The van der Waals surface area contributed by atoms with Gasteiger partial charge in [-0.2, -0.15) is 5.10 Å². The summed E-state index contributed by atoms with van der Waals surface area (Å²) in [6.45, 7) is 1.55. The van der Waals surface area contributed by atoms with Crippen LogP contribution < -0.4 is 20.3 Å². The number of methoxy groups -OCH3 is 2. The number of nitrogens with one attached hydrogen (secondary N) is 2. The smallest absolute Gasteiger partial charge is 0.259 e.